The Bertz CT molecular complexity index is 773. The second-order valence-corrected chi connectivity index (χ2v) is 6.75. The third-order valence-electron chi connectivity index (χ3n) is 3.94. The van der Waals surface area contributed by atoms with Gasteiger partial charge in [-0.3, -0.25) is 9.59 Å². The molecule has 150 valence electrons. The normalized spacial score (nSPS) is 10.4. The molecular formula is C22H29N3O3. The third kappa shape index (κ3) is 6.95. The lowest BCUT2D eigenvalue weighted by Gasteiger charge is -2.15. The van der Waals surface area contributed by atoms with Gasteiger partial charge in [-0.15, -0.1) is 0 Å². The molecule has 0 aliphatic carbocycles. The van der Waals surface area contributed by atoms with Crippen molar-refractivity contribution < 1.29 is 14.3 Å². The minimum atomic E-state index is -0.179. The molecule has 6 nitrogen and oxygen atoms in total. The van der Waals surface area contributed by atoms with Gasteiger partial charge in [-0.2, -0.15) is 0 Å². The fraction of sp³-hybridized carbons (Fsp3) is 0.364. The van der Waals surface area contributed by atoms with E-state index >= 15 is 0 Å². The van der Waals surface area contributed by atoms with Crippen molar-refractivity contribution in [1.82, 2.24) is 5.32 Å². The quantitative estimate of drug-likeness (QED) is 0.541. The number of anilines is 2. The number of carbonyl (C=O) groups excluding carboxylic acids is 2. The lowest BCUT2D eigenvalue weighted by atomic mass is 10.2. The summed E-state index contributed by atoms with van der Waals surface area (Å²) >= 11 is 0. The molecule has 0 fully saturated rings. The zero-order chi connectivity index (χ0) is 20.4. The van der Waals surface area contributed by atoms with Crippen molar-refractivity contribution in [3.8, 4) is 5.75 Å². The molecular weight excluding hydrogens is 354 g/mol. The lowest BCUT2D eigenvalue weighted by Crippen LogP contribution is -2.24. The Balaban J connectivity index is 1.85. The zero-order valence-corrected chi connectivity index (χ0v) is 16.7. The maximum Gasteiger partial charge on any atom is 0.251 e. The summed E-state index contributed by atoms with van der Waals surface area (Å²) in [5.74, 6) is 0.380. The van der Waals surface area contributed by atoms with Crippen LogP contribution in [0.2, 0.25) is 0 Å². The van der Waals surface area contributed by atoms with E-state index in [4.69, 9.17) is 4.74 Å². The number of para-hydroxylation sites is 2. The van der Waals surface area contributed by atoms with E-state index in [9.17, 15) is 9.59 Å². The highest BCUT2D eigenvalue weighted by Gasteiger charge is 2.09. The molecule has 2 aromatic rings. The summed E-state index contributed by atoms with van der Waals surface area (Å²) in [4.78, 5) is 24.3. The average Bonchev–Trinajstić information content (AvgIpc) is 2.68. The molecule has 28 heavy (non-hydrogen) atoms. The maximum absolute atomic E-state index is 12.3. The highest BCUT2D eigenvalue weighted by Crippen LogP contribution is 2.24. The van der Waals surface area contributed by atoms with Gasteiger partial charge in [0.15, 0.2) is 0 Å². The highest BCUT2D eigenvalue weighted by molar-refractivity contribution is 5.96. The van der Waals surface area contributed by atoms with Crippen molar-refractivity contribution in [2.75, 3.05) is 23.7 Å². The molecule has 0 aromatic heterocycles. The van der Waals surface area contributed by atoms with E-state index in [1.165, 1.54) is 0 Å². The number of unbranched alkanes of at least 4 members (excludes halogenated alkanes) is 1. The molecule has 0 atom stereocenters. The van der Waals surface area contributed by atoms with Gasteiger partial charge >= 0.3 is 0 Å². The molecule has 2 aromatic carbocycles. The highest BCUT2D eigenvalue weighted by atomic mass is 16.5. The monoisotopic (exact) mass is 383 g/mol. The van der Waals surface area contributed by atoms with Crippen molar-refractivity contribution in [2.24, 2.45) is 0 Å². The fourth-order valence-corrected chi connectivity index (χ4v) is 2.52. The van der Waals surface area contributed by atoms with Crippen LogP contribution in [-0.2, 0) is 4.79 Å². The molecule has 6 heteroatoms. The van der Waals surface area contributed by atoms with Crippen molar-refractivity contribution in [3.63, 3.8) is 0 Å². The zero-order valence-electron chi connectivity index (χ0n) is 16.7. The molecule has 0 spiro atoms. The van der Waals surface area contributed by atoms with E-state index in [0.717, 1.165) is 18.5 Å². The molecule has 3 N–H and O–H groups in total. The Morgan fingerprint density at radius 2 is 1.75 bits per heavy atom. The number of benzene rings is 2. The van der Waals surface area contributed by atoms with Gasteiger partial charge in [0.1, 0.15) is 5.75 Å². The Labute approximate surface area is 166 Å². The molecule has 0 unspecified atom stereocenters. The number of hydrogen-bond donors (Lipinski definition) is 3. The first-order chi connectivity index (χ1) is 13.5. The van der Waals surface area contributed by atoms with Crippen LogP contribution in [0.1, 0.15) is 44.0 Å². The van der Waals surface area contributed by atoms with Gasteiger partial charge in [-0.25, -0.2) is 0 Å². The van der Waals surface area contributed by atoms with Crippen LogP contribution in [-0.4, -0.2) is 31.0 Å². The minimum Gasteiger partial charge on any atom is -0.489 e. The first-order valence-electron chi connectivity index (χ1n) is 9.67. The SMILES string of the molecule is CCCCNC(=O)c1ccc(NCC(=O)Nc2ccccc2OC(C)C)cc1. The average molecular weight is 383 g/mol. The van der Waals surface area contributed by atoms with E-state index in [-0.39, 0.29) is 24.5 Å². The smallest absolute Gasteiger partial charge is 0.251 e. The van der Waals surface area contributed by atoms with E-state index in [0.29, 0.717) is 23.5 Å². The Morgan fingerprint density at radius 1 is 1.04 bits per heavy atom. The molecule has 0 saturated heterocycles. The number of amides is 2. The van der Waals surface area contributed by atoms with Gasteiger partial charge in [0.25, 0.3) is 5.91 Å². The summed E-state index contributed by atoms with van der Waals surface area (Å²) < 4.78 is 5.71. The molecule has 2 rings (SSSR count). The van der Waals surface area contributed by atoms with E-state index in [2.05, 4.69) is 22.9 Å². The number of ether oxygens (including phenoxy) is 1. The van der Waals surface area contributed by atoms with Crippen molar-refractivity contribution in [1.29, 1.82) is 0 Å². The van der Waals surface area contributed by atoms with Gasteiger partial charge in [0, 0.05) is 17.8 Å². The fourth-order valence-electron chi connectivity index (χ4n) is 2.52. The summed E-state index contributed by atoms with van der Waals surface area (Å²) in [7, 11) is 0. The minimum absolute atomic E-state index is 0.0221. The second-order valence-electron chi connectivity index (χ2n) is 6.75. The van der Waals surface area contributed by atoms with Crippen LogP contribution in [0, 0.1) is 0 Å². The van der Waals surface area contributed by atoms with Crippen LogP contribution >= 0.6 is 0 Å². The Kier molecular flexibility index (Phi) is 8.34. The third-order valence-corrected chi connectivity index (χ3v) is 3.94. The van der Waals surface area contributed by atoms with Crippen molar-refractivity contribution in [3.05, 3.63) is 54.1 Å². The number of carbonyl (C=O) groups is 2. The molecule has 0 aliphatic heterocycles. The Morgan fingerprint density at radius 3 is 2.43 bits per heavy atom. The maximum atomic E-state index is 12.3. The first-order valence-corrected chi connectivity index (χ1v) is 9.67. The van der Waals surface area contributed by atoms with Crippen LogP contribution in [0.4, 0.5) is 11.4 Å². The van der Waals surface area contributed by atoms with E-state index in [1.807, 2.05) is 38.1 Å². The largest absolute Gasteiger partial charge is 0.489 e. The summed E-state index contributed by atoms with van der Waals surface area (Å²) in [5.41, 5.74) is 2.01. The standard InChI is InChI=1S/C22H29N3O3/c1-4-5-14-23-22(27)17-10-12-18(13-11-17)24-15-21(26)25-19-8-6-7-9-20(19)28-16(2)3/h6-13,16,24H,4-5,14-15H2,1-3H3,(H,23,27)(H,25,26). The van der Waals surface area contributed by atoms with Crippen molar-refractivity contribution in [2.45, 2.75) is 39.7 Å². The van der Waals surface area contributed by atoms with Crippen LogP contribution in [0.25, 0.3) is 0 Å². The van der Waals surface area contributed by atoms with Gasteiger partial charge in [0.05, 0.1) is 18.3 Å². The van der Waals surface area contributed by atoms with Crippen LogP contribution in [0.15, 0.2) is 48.5 Å². The summed E-state index contributed by atoms with van der Waals surface area (Å²) in [6.07, 6.45) is 2.03. The second kappa shape index (κ2) is 11.0. The van der Waals surface area contributed by atoms with Crippen LogP contribution < -0.4 is 20.7 Å². The van der Waals surface area contributed by atoms with E-state index < -0.39 is 0 Å². The van der Waals surface area contributed by atoms with Gasteiger partial charge < -0.3 is 20.7 Å². The van der Waals surface area contributed by atoms with Gasteiger partial charge in [0.2, 0.25) is 5.91 Å². The van der Waals surface area contributed by atoms with Crippen LogP contribution in [0.3, 0.4) is 0 Å². The number of rotatable bonds is 10. The van der Waals surface area contributed by atoms with Crippen LogP contribution in [0.5, 0.6) is 5.75 Å². The number of nitrogens with one attached hydrogen (secondary N) is 3. The molecule has 0 saturated carbocycles. The number of hydrogen-bond acceptors (Lipinski definition) is 4. The molecule has 0 heterocycles. The van der Waals surface area contributed by atoms with Gasteiger partial charge in [-0.05, 0) is 56.7 Å². The summed E-state index contributed by atoms with van der Waals surface area (Å²) in [5, 5.41) is 8.79. The molecule has 0 aliphatic rings. The molecule has 0 radical (unpaired) electrons. The molecule has 0 bridgehead atoms. The summed E-state index contributed by atoms with van der Waals surface area (Å²) in [6.45, 7) is 6.75. The van der Waals surface area contributed by atoms with Crippen molar-refractivity contribution >= 4 is 23.2 Å². The van der Waals surface area contributed by atoms with Gasteiger partial charge in [-0.1, -0.05) is 25.5 Å². The summed E-state index contributed by atoms with van der Waals surface area (Å²) in [6, 6.07) is 14.4. The topological polar surface area (TPSA) is 79.5 Å². The predicted octanol–water partition coefficient (Wildman–Crippen LogP) is 4.05. The lowest BCUT2D eigenvalue weighted by molar-refractivity contribution is -0.114. The van der Waals surface area contributed by atoms with E-state index in [1.54, 1.807) is 24.3 Å². The predicted molar refractivity (Wildman–Crippen MR) is 113 cm³/mol. The first kappa shape index (κ1) is 21.3. The molecule has 2 amide bonds. The Hall–Kier alpha value is -3.02.